The molecule has 0 saturated carbocycles. The number of fused-ring (bicyclic) bond motifs is 1. The van der Waals surface area contributed by atoms with Crippen LogP contribution in [0.2, 0.25) is 0 Å². The van der Waals surface area contributed by atoms with E-state index in [1.165, 1.54) is 5.56 Å². The van der Waals surface area contributed by atoms with Crippen LogP contribution < -0.4 is 10.1 Å². The summed E-state index contributed by atoms with van der Waals surface area (Å²) < 4.78 is 5.68. The van der Waals surface area contributed by atoms with E-state index in [1.54, 1.807) is 0 Å². The molecule has 1 amide bonds. The highest BCUT2D eigenvalue weighted by Crippen LogP contribution is 2.33. The lowest BCUT2D eigenvalue weighted by Gasteiger charge is -2.29. The summed E-state index contributed by atoms with van der Waals surface area (Å²) >= 11 is 0. The van der Waals surface area contributed by atoms with Crippen LogP contribution in [0.5, 0.6) is 5.75 Å². The van der Waals surface area contributed by atoms with Gasteiger partial charge >= 0.3 is 0 Å². The molecule has 0 spiro atoms. The maximum absolute atomic E-state index is 12.7. The van der Waals surface area contributed by atoms with E-state index < -0.39 is 0 Å². The Kier molecular flexibility index (Phi) is 4.70. The van der Waals surface area contributed by atoms with Crippen molar-refractivity contribution in [3.8, 4) is 5.75 Å². The fourth-order valence-electron chi connectivity index (χ4n) is 3.98. The lowest BCUT2D eigenvalue weighted by Crippen LogP contribution is -2.40. The third-order valence-corrected chi connectivity index (χ3v) is 5.19. The quantitative estimate of drug-likeness (QED) is 0.930. The van der Waals surface area contributed by atoms with Crippen molar-refractivity contribution in [1.82, 2.24) is 10.2 Å². The molecule has 0 bridgehead atoms. The van der Waals surface area contributed by atoms with E-state index in [2.05, 4.69) is 34.5 Å². The molecule has 2 aromatic rings. The molecule has 2 atom stereocenters. The average molecular weight is 336 g/mol. The van der Waals surface area contributed by atoms with Crippen LogP contribution in [0, 0.1) is 0 Å². The summed E-state index contributed by atoms with van der Waals surface area (Å²) in [6.45, 7) is 2.09. The number of carbonyl (C=O) groups is 1. The molecule has 2 aliphatic heterocycles. The zero-order valence-corrected chi connectivity index (χ0v) is 14.4. The number of likely N-dealkylation sites (tertiary alicyclic amines) is 1. The Morgan fingerprint density at radius 1 is 1.08 bits per heavy atom. The molecular weight excluding hydrogens is 312 g/mol. The third-order valence-electron chi connectivity index (χ3n) is 5.19. The number of amides is 1. The van der Waals surface area contributed by atoms with Gasteiger partial charge in [0, 0.05) is 18.0 Å². The standard InChI is InChI=1S/C21H24N2O2/c24-21(22-18-12-14-25-20-11-5-4-9-17(18)20)15-23-13-6-10-19(23)16-7-2-1-3-8-16/h1-5,7-9,11,18-19H,6,10,12-15H2,(H,22,24). The molecule has 4 nitrogen and oxygen atoms in total. The van der Waals surface area contributed by atoms with Crippen molar-refractivity contribution in [3.63, 3.8) is 0 Å². The highest BCUT2D eigenvalue weighted by atomic mass is 16.5. The number of nitrogens with one attached hydrogen (secondary N) is 1. The van der Waals surface area contributed by atoms with Crippen LogP contribution in [0.25, 0.3) is 0 Å². The van der Waals surface area contributed by atoms with Crippen molar-refractivity contribution in [1.29, 1.82) is 0 Å². The molecule has 0 radical (unpaired) electrons. The summed E-state index contributed by atoms with van der Waals surface area (Å²) in [6.07, 6.45) is 3.09. The summed E-state index contributed by atoms with van der Waals surface area (Å²) in [4.78, 5) is 15.0. The first kappa shape index (κ1) is 16.2. The number of benzene rings is 2. The Labute approximate surface area is 148 Å². The molecule has 4 rings (SSSR count). The third kappa shape index (κ3) is 3.54. The van der Waals surface area contributed by atoms with E-state index in [-0.39, 0.29) is 11.9 Å². The molecule has 0 aromatic heterocycles. The van der Waals surface area contributed by atoms with Crippen LogP contribution in [0.4, 0.5) is 0 Å². The molecule has 2 aliphatic rings. The van der Waals surface area contributed by atoms with E-state index in [1.807, 2.05) is 30.3 Å². The summed E-state index contributed by atoms with van der Waals surface area (Å²) in [6, 6.07) is 18.9. The van der Waals surface area contributed by atoms with Crippen molar-refractivity contribution in [2.24, 2.45) is 0 Å². The van der Waals surface area contributed by atoms with Gasteiger partial charge in [-0.05, 0) is 31.0 Å². The maximum atomic E-state index is 12.7. The number of hydrogen-bond donors (Lipinski definition) is 1. The van der Waals surface area contributed by atoms with Crippen molar-refractivity contribution >= 4 is 5.91 Å². The summed E-state index contributed by atoms with van der Waals surface area (Å²) in [5, 5.41) is 3.21. The highest BCUT2D eigenvalue weighted by molar-refractivity contribution is 5.78. The minimum absolute atomic E-state index is 0.0511. The van der Waals surface area contributed by atoms with Crippen molar-refractivity contribution in [2.45, 2.75) is 31.3 Å². The predicted octanol–water partition coefficient (Wildman–Crippen LogP) is 3.46. The summed E-state index contributed by atoms with van der Waals surface area (Å²) in [5.74, 6) is 0.993. The van der Waals surface area contributed by atoms with E-state index in [4.69, 9.17) is 4.74 Å². The van der Waals surface area contributed by atoms with Gasteiger partial charge in [-0.25, -0.2) is 0 Å². The predicted molar refractivity (Wildman–Crippen MR) is 97.4 cm³/mol. The van der Waals surface area contributed by atoms with Crippen molar-refractivity contribution in [2.75, 3.05) is 19.7 Å². The fraction of sp³-hybridized carbons (Fsp3) is 0.381. The first-order chi connectivity index (χ1) is 12.3. The van der Waals surface area contributed by atoms with Gasteiger partial charge in [-0.3, -0.25) is 9.69 Å². The van der Waals surface area contributed by atoms with E-state index in [9.17, 15) is 4.79 Å². The Bertz CT molecular complexity index is 732. The van der Waals surface area contributed by atoms with Crippen molar-refractivity contribution < 1.29 is 9.53 Å². The number of carbonyl (C=O) groups excluding carboxylic acids is 1. The van der Waals surface area contributed by atoms with Crippen LogP contribution in [0.3, 0.4) is 0 Å². The minimum atomic E-state index is 0.0511. The second-order valence-corrected chi connectivity index (χ2v) is 6.83. The second kappa shape index (κ2) is 7.28. The van der Waals surface area contributed by atoms with E-state index in [0.29, 0.717) is 19.2 Å². The van der Waals surface area contributed by atoms with Crippen LogP contribution >= 0.6 is 0 Å². The molecule has 2 unspecified atom stereocenters. The Hall–Kier alpha value is -2.33. The first-order valence-corrected chi connectivity index (χ1v) is 9.11. The number of ether oxygens (including phenoxy) is 1. The molecule has 2 heterocycles. The molecule has 1 saturated heterocycles. The van der Waals surface area contributed by atoms with Gasteiger partial charge in [0.05, 0.1) is 19.2 Å². The monoisotopic (exact) mass is 336 g/mol. The van der Waals surface area contributed by atoms with Crippen molar-refractivity contribution in [3.05, 3.63) is 65.7 Å². The SMILES string of the molecule is O=C(CN1CCCC1c1ccccc1)NC1CCOc2ccccc21. The van der Waals surface area contributed by atoms with E-state index in [0.717, 1.165) is 37.1 Å². The van der Waals surface area contributed by atoms with Crippen LogP contribution in [0.1, 0.15) is 42.5 Å². The Balaban J connectivity index is 1.41. The lowest BCUT2D eigenvalue weighted by atomic mass is 10.0. The molecule has 1 N–H and O–H groups in total. The molecular formula is C21H24N2O2. The van der Waals surface area contributed by atoms with Crippen LogP contribution in [-0.2, 0) is 4.79 Å². The molecule has 4 heteroatoms. The molecule has 2 aromatic carbocycles. The Morgan fingerprint density at radius 3 is 2.76 bits per heavy atom. The van der Waals surface area contributed by atoms with E-state index >= 15 is 0 Å². The van der Waals surface area contributed by atoms with Gasteiger partial charge in [0.1, 0.15) is 5.75 Å². The van der Waals surface area contributed by atoms with Gasteiger partial charge in [-0.2, -0.15) is 0 Å². The highest BCUT2D eigenvalue weighted by Gasteiger charge is 2.29. The number of nitrogens with zero attached hydrogens (tertiary/aromatic N) is 1. The lowest BCUT2D eigenvalue weighted by molar-refractivity contribution is -0.123. The zero-order chi connectivity index (χ0) is 17.1. The largest absolute Gasteiger partial charge is 0.493 e. The maximum Gasteiger partial charge on any atom is 0.234 e. The zero-order valence-electron chi connectivity index (χ0n) is 14.4. The molecule has 25 heavy (non-hydrogen) atoms. The van der Waals surface area contributed by atoms with Gasteiger partial charge in [0.25, 0.3) is 0 Å². The van der Waals surface area contributed by atoms with Crippen LogP contribution in [-0.4, -0.2) is 30.5 Å². The molecule has 130 valence electrons. The van der Waals surface area contributed by atoms with Gasteiger partial charge in [0.15, 0.2) is 0 Å². The van der Waals surface area contributed by atoms with Gasteiger partial charge < -0.3 is 10.1 Å². The van der Waals surface area contributed by atoms with Gasteiger partial charge in [-0.1, -0.05) is 48.5 Å². The molecule has 0 aliphatic carbocycles. The van der Waals surface area contributed by atoms with Crippen LogP contribution in [0.15, 0.2) is 54.6 Å². The molecule has 1 fully saturated rings. The fourth-order valence-corrected chi connectivity index (χ4v) is 3.98. The average Bonchev–Trinajstić information content (AvgIpc) is 3.11. The number of hydrogen-bond acceptors (Lipinski definition) is 3. The first-order valence-electron chi connectivity index (χ1n) is 9.11. The normalized spacial score (nSPS) is 22.9. The second-order valence-electron chi connectivity index (χ2n) is 6.83. The van der Waals surface area contributed by atoms with Gasteiger partial charge in [0.2, 0.25) is 5.91 Å². The summed E-state index contributed by atoms with van der Waals surface area (Å²) in [5.41, 5.74) is 2.40. The van der Waals surface area contributed by atoms with Gasteiger partial charge in [-0.15, -0.1) is 0 Å². The Morgan fingerprint density at radius 2 is 1.88 bits per heavy atom. The minimum Gasteiger partial charge on any atom is -0.493 e. The number of rotatable bonds is 4. The number of para-hydroxylation sites is 1. The summed E-state index contributed by atoms with van der Waals surface area (Å²) in [7, 11) is 0. The smallest absolute Gasteiger partial charge is 0.234 e. The topological polar surface area (TPSA) is 41.6 Å².